The van der Waals surface area contributed by atoms with Gasteiger partial charge in [0, 0.05) is 12.6 Å². The molecule has 2 aliphatic heterocycles. The van der Waals surface area contributed by atoms with E-state index in [1.807, 2.05) is 0 Å². The van der Waals surface area contributed by atoms with E-state index >= 15 is 0 Å². The van der Waals surface area contributed by atoms with Gasteiger partial charge in [0.2, 0.25) is 5.91 Å². The lowest BCUT2D eigenvalue weighted by Crippen LogP contribution is -2.49. The van der Waals surface area contributed by atoms with Crippen LogP contribution in [0.5, 0.6) is 0 Å². The molecule has 2 aliphatic rings. The van der Waals surface area contributed by atoms with E-state index in [-0.39, 0.29) is 12.2 Å². The highest BCUT2D eigenvalue weighted by Gasteiger charge is 2.43. The van der Waals surface area contributed by atoms with Crippen molar-refractivity contribution in [1.82, 2.24) is 15.1 Å². The number of hydrogen-bond donors (Lipinski definition) is 1. The van der Waals surface area contributed by atoms with Gasteiger partial charge in [-0.05, 0) is 55.2 Å². The average Bonchev–Trinajstić information content (AvgIpc) is 3.08. The molecule has 4 nitrogen and oxygen atoms in total. The van der Waals surface area contributed by atoms with E-state index in [4.69, 9.17) is 0 Å². The second kappa shape index (κ2) is 6.46. The Morgan fingerprint density at radius 1 is 1.48 bits per heavy atom. The molecule has 1 amide bonds. The zero-order valence-electron chi connectivity index (χ0n) is 12.9. The molecule has 1 aromatic rings. The fraction of sp³-hybridized carbons (Fsp3) is 0.688. The van der Waals surface area contributed by atoms with Crippen molar-refractivity contribution in [2.45, 2.75) is 50.9 Å². The van der Waals surface area contributed by atoms with Crippen molar-refractivity contribution in [2.75, 3.05) is 20.1 Å². The molecule has 0 radical (unpaired) electrons. The maximum Gasteiger partial charge on any atom is 0.241 e. The highest BCUT2D eigenvalue weighted by atomic mass is 32.1. The first-order valence-corrected chi connectivity index (χ1v) is 8.94. The van der Waals surface area contributed by atoms with Gasteiger partial charge in [0.15, 0.2) is 0 Å². The van der Waals surface area contributed by atoms with Crippen LogP contribution in [-0.4, -0.2) is 47.9 Å². The summed E-state index contributed by atoms with van der Waals surface area (Å²) in [6.45, 7) is 4.28. The lowest BCUT2D eigenvalue weighted by atomic mass is 10.0. The molecule has 2 fully saturated rings. The molecule has 0 bridgehead atoms. The molecular weight excluding hydrogens is 282 g/mol. The van der Waals surface area contributed by atoms with Crippen molar-refractivity contribution in [3.8, 4) is 0 Å². The Morgan fingerprint density at radius 2 is 2.33 bits per heavy atom. The van der Waals surface area contributed by atoms with Crippen LogP contribution in [0.1, 0.15) is 44.3 Å². The van der Waals surface area contributed by atoms with Crippen molar-refractivity contribution >= 4 is 17.2 Å². The first-order valence-electron chi connectivity index (χ1n) is 7.99. The lowest BCUT2D eigenvalue weighted by Gasteiger charge is -2.38. The topological polar surface area (TPSA) is 35.6 Å². The van der Waals surface area contributed by atoms with Crippen LogP contribution < -0.4 is 5.32 Å². The molecular formula is C16H25N3OS. The summed E-state index contributed by atoms with van der Waals surface area (Å²) < 4.78 is 0. The van der Waals surface area contributed by atoms with Crippen LogP contribution >= 0.6 is 11.3 Å². The molecule has 1 aromatic heterocycles. The van der Waals surface area contributed by atoms with E-state index in [0.717, 1.165) is 32.4 Å². The molecule has 3 heterocycles. The summed E-state index contributed by atoms with van der Waals surface area (Å²) in [6.07, 6.45) is 4.34. The normalized spacial score (nSPS) is 31.0. The molecule has 0 aromatic carbocycles. The average molecular weight is 307 g/mol. The summed E-state index contributed by atoms with van der Waals surface area (Å²) in [5.74, 6) is 0.299. The monoisotopic (exact) mass is 307 g/mol. The van der Waals surface area contributed by atoms with Crippen LogP contribution in [0.3, 0.4) is 0 Å². The summed E-state index contributed by atoms with van der Waals surface area (Å²) >= 11 is 1.70. The molecule has 0 spiro atoms. The predicted molar refractivity (Wildman–Crippen MR) is 86.3 cm³/mol. The summed E-state index contributed by atoms with van der Waals surface area (Å²) in [4.78, 5) is 17.3. The fourth-order valence-corrected chi connectivity index (χ4v) is 4.27. The molecule has 3 atom stereocenters. The maximum absolute atomic E-state index is 12.9. The molecule has 0 aliphatic carbocycles. The molecule has 5 heteroatoms. The Bertz CT molecular complexity index is 476. The summed E-state index contributed by atoms with van der Waals surface area (Å²) in [5.41, 5.74) is 1.24. The number of piperidine rings is 1. The minimum Gasteiger partial charge on any atom is -0.317 e. The molecule has 3 rings (SSSR count). The van der Waals surface area contributed by atoms with Crippen LogP contribution in [0, 0.1) is 0 Å². The van der Waals surface area contributed by atoms with Crippen LogP contribution in [0.2, 0.25) is 0 Å². The molecule has 3 unspecified atom stereocenters. The van der Waals surface area contributed by atoms with Crippen molar-refractivity contribution in [3.63, 3.8) is 0 Å². The number of hydrogen-bond acceptors (Lipinski definition) is 4. The smallest absolute Gasteiger partial charge is 0.241 e. The van der Waals surface area contributed by atoms with Gasteiger partial charge in [-0.1, -0.05) is 13.3 Å². The van der Waals surface area contributed by atoms with E-state index in [9.17, 15) is 4.79 Å². The van der Waals surface area contributed by atoms with Crippen LogP contribution in [-0.2, 0) is 4.79 Å². The van der Waals surface area contributed by atoms with E-state index in [1.165, 1.54) is 12.0 Å². The van der Waals surface area contributed by atoms with Crippen molar-refractivity contribution in [1.29, 1.82) is 0 Å². The van der Waals surface area contributed by atoms with Crippen LogP contribution in [0.25, 0.3) is 0 Å². The van der Waals surface area contributed by atoms with Gasteiger partial charge in [-0.15, -0.1) is 0 Å². The Hall–Kier alpha value is -0.910. The SMILES string of the molecule is CCCC1NC(c2ccsc2)N(C2CCCN(C)C2)C1=O. The first-order chi connectivity index (χ1) is 10.2. The van der Waals surface area contributed by atoms with E-state index in [0.29, 0.717) is 11.9 Å². The van der Waals surface area contributed by atoms with Crippen molar-refractivity contribution < 1.29 is 4.79 Å². The number of rotatable bonds is 4. The Balaban J connectivity index is 1.84. The second-order valence-electron chi connectivity index (χ2n) is 6.27. The predicted octanol–water partition coefficient (Wildman–Crippen LogP) is 2.44. The van der Waals surface area contributed by atoms with E-state index < -0.39 is 0 Å². The maximum atomic E-state index is 12.9. The Labute approximate surface area is 131 Å². The third-order valence-corrected chi connectivity index (χ3v) is 5.32. The van der Waals surface area contributed by atoms with Crippen molar-refractivity contribution in [3.05, 3.63) is 22.4 Å². The minimum absolute atomic E-state index is 0.00728. The number of nitrogens with one attached hydrogen (secondary N) is 1. The molecule has 21 heavy (non-hydrogen) atoms. The summed E-state index contributed by atoms with van der Waals surface area (Å²) in [5, 5.41) is 7.83. The quantitative estimate of drug-likeness (QED) is 0.928. The van der Waals surface area contributed by atoms with Crippen molar-refractivity contribution in [2.24, 2.45) is 0 Å². The highest BCUT2D eigenvalue weighted by Crippen LogP contribution is 2.32. The van der Waals surface area contributed by atoms with Gasteiger partial charge in [0.1, 0.15) is 6.17 Å². The van der Waals surface area contributed by atoms with Gasteiger partial charge in [-0.3, -0.25) is 10.1 Å². The second-order valence-corrected chi connectivity index (χ2v) is 7.05. The van der Waals surface area contributed by atoms with Gasteiger partial charge >= 0.3 is 0 Å². The van der Waals surface area contributed by atoms with Gasteiger partial charge in [0.05, 0.1) is 6.04 Å². The third kappa shape index (κ3) is 3.00. The number of amides is 1. The van der Waals surface area contributed by atoms with Crippen LogP contribution in [0.4, 0.5) is 0 Å². The Kier molecular flexibility index (Phi) is 4.62. The van der Waals surface area contributed by atoms with Gasteiger partial charge in [-0.2, -0.15) is 11.3 Å². The minimum atomic E-state index is -0.00728. The summed E-state index contributed by atoms with van der Waals surface area (Å²) in [6, 6.07) is 2.48. The number of likely N-dealkylation sites (N-methyl/N-ethyl adjacent to an activating group) is 1. The standard InChI is InChI=1S/C16H25N3OS/c1-3-5-14-16(20)19(13-6-4-8-18(2)10-13)15(17-14)12-7-9-21-11-12/h7,9,11,13-15,17H,3-6,8,10H2,1-2H3. The van der Waals surface area contributed by atoms with Gasteiger partial charge in [-0.25, -0.2) is 0 Å². The van der Waals surface area contributed by atoms with E-state index in [1.54, 1.807) is 11.3 Å². The van der Waals surface area contributed by atoms with Crippen LogP contribution in [0.15, 0.2) is 16.8 Å². The number of carbonyl (C=O) groups is 1. The Morgan fingerprint density at radius 3 is 3.00 bits per heavy atom. The largest absolute Gasteiger partial charge is 0.317 e. The summed E-state index contributed by atoms with van der Waals surface area (Å²) in [7, 11) is 2.16. The molecule has 1 N–H and O–H groups in total. The zero-order chi connectivity index (χ0) is 14.8. The first kappa shape index (κ1) is 15.0. The highest BCUT2D eigenvalue weighted by molar-refractivity contribution is 7.07. The number of nitrogens with zero attached hydrogens (tertiary/aromatic N) is 2. The molecule has 2 saturated heterocycles. The van der Waals surface area contributed by atoms with E-state index in [2.05, 4.69) is 45.9 Å². The van der Waals surface area contributed by atoms with Gasteiger partial charge in [0.25, 0.3) is 0 Å². The fourth-order valence-electron chi connectivity index (χ4n) is 3.59. The third-order valence-electron chi connectivity index (χ3n) is 4.62. The van der Waals surface area contributed by atoms with Gasteiger partial charge < -0.3 is 9.80 Å². The zero-order valence-corrected chi connectivity index (χ0v) is 13.7. The molecule has 0 saturated carbocycles. The number of thiophene rings is 1. The number of carbonyl (C=O) groups excluding carboxylic acids is 1. The number of likely N-dealkylation sites (tertiary alicyclic amines) is 1. The molecule has 116 valence electrons. The lowest BCUT2D eigenvalue weighted by molar-refractivity contribution is -0.133.